The quantitative estimate of drug-likeness (QED) is 0.389. The van der Waals surface area contributed by atoms with Crippen molar-refractivity contribution in [2.24, 2.45) is 4.99 Å². The first kappa shape index (κ1) is 22.6. The highest BCUT2D eigenvalue weighted by molar-refractivity contribution is 7.89. The number of hydrogen-bond acceptors (Lipinski definition) is 4. The Labute approximate surface area is 169 Å². The van der Waals surface area contributed by atoms with Gasteiger partial charge < -0.3 is 15.0 Å². The lowest BCUT2D eigenvalue weighted by Gasteiger charge is -2.36. The molecule has 1 saturated heterocycles. The van der Waals surface area contributed by atoms with Crippen LogP contribution in [0.15, 0.2) is 23.2 Å². The summed E-state index contributed by atoms with van der Waals surface area (Å²) < 4.78 is 31.6. The zero-order chi connectivity index (χ0) is 20.6. The number of guanidine groups is 1. The Morgan fingerprint density at radius 1 is 1.32 bits per heavy atom. The standard InChI is InChI=1S/C20H34N4O3S/c1-5-21-20(22-10-7-11-23-28(25,26)6-2)24-12-13-27-19(15-24)18-9-8-16(3)14-17(18)4/h8-9,14,19,23H,5-7,10-13,15H2,1-4H3,(H,21,22). The maximum atomic E-state index is 11.5. The van der Waals surface area contributed by atoms with Crippen LogP contribution in [0.3, 0.4) is 0 Å². The van der Waals surface area contributed by atoms with Gasteiger partial charge in [0.1, 0.15) is 6.10 Å². The summed E-state index contributed by atoms with van der Waals surface area (Å²) in [7, 11) is -3.14. The van der Waals surface area contributed by atoms with Gasteiger partial charge in [0, 0.05) is 26.2 Å². The first-order chi connectivity index (χ1) is 13.4. The first-order valence-corrected chi connectivity index (χ1v) is 11.7. The molecule has 1 atom stereocenters. The summed E-state index contributed by atoms with van der Waals surface area (Å²) in [4.78, 5) is 6.92. The van der Waals surface area contributed by atoms with E-state index in [9.17, 15) is 8.42 Å². The van der Waals surface area contributed by atoms with Crippen LogP contribution in [0.1, 0.15) is 43.1 Å². The highest BCUT2D eigenvalue weighted by Gasteiger charge is 2.25. The van der Waals surface area contributed by atoms with Crippen LogP contribution < -0.4 is 10.0 Å². The molecule has 2 rings (SSSR count). The topological polar surface area (TPSA) is 83.0 Å². The van der Waals surface area contributed by atoms with E-state index in [1.54, 1.807) is 6.92 Å². The summed E-state index contributed by atoms with van der Waals surface area (Å²) in [5.74, 6) is 0.964. The first-order valence-electron chi connectivity index (χ1n) is 10.1. The molecule has 28 heavy (non-hydrogen) atoms. The van der Waals surface area contributed by atoms with E-state index < -0.39 is 10.0 Å². The molecule has 1 aliphatic rings. The molecule has 2 N–H and O–H groups in total. The molecular weight excluding hydrogens is 376 g/mol. The Hall–Kier alpha value is -1.64. The Morgan fingerprint density at radius 3 is 2.79 bits per heavy atom. The minimum Gasteiger partial charge on any atom is -0.370 e. The fourth-order valence-corrected chi connectivity index (χ4v) is 3.90. The summed E-state index contributed by atoms with van der Waals surface area (Å²) >= 11 is 0. The van der Waals surface area contributed by atoms with Gasteiger partial charge in [-0.15, -0.1) is 0 Å². The second kappa shape index (κ2) is 10.8. The van der Waals surface area contributed by atoms with Gasteiger partial charge in [-0.25, -0.2) is 13.1 Å². The number of morpholine rings is 1. The molecular formula is C20H34N4O3S. The summed E-state index contributed by atoms with van der Waals surface area (Å²) in [5.41, 5.74) is 3.72. The number of aliphatic imine (C=N–C) groups is 1. The van der Waals surface area contributed by atoms with Crippen LogP contribution >= 0.6 is 0 Å². The fourth-order valence-electron chi connectivity index (χ4n) is 3.24. The number of hydrogen-bond donors (Lipinski definition) is 2. The van der Waals surface area contributed by atoms with Gasteiger partial charge in [0.15, 0.2) is 5.96 Å². The van der Waals surface area contributed by atoms with Crippen molar-refractivity contribution >= 4 is 16.0 Å². The number of benzene rings is 1. The average Bonchev–Trinajstić information content (AvgIpc) is 2.67. The molecule has 1 aromatic rings. The third kappa shape index (κ3) is 6.76. The molecule has 0 amide bonds. The lowest BCUT2D eigenvalue weighted by molar-refractivity contribution is -0.00833. The monoisotopic (exact) mass is 410 g/mol. The number of rotatable bonds is 8. The van der Waals surface area contributed by atoms with Crippen molar-refractivity contribution in [3.8, 4) is 0 Å². The second-order valence-corrected chi connectivity index (χ2v) is 9.15. The predicted molar refractivity (Wildman–Crippen MR) is 114 cm³/mol. The molecule has 1 aromatic carbocycles. The molecule has 1 unspecified atom stereocenters. The maximum absolute atomic E-state index is 11.5. The van der Waals surface area contributed by atoms with Crippen LogP contribution in [-0.2, 0) is 14.8 Å². The molecule has 8 heteroatoms. The Kier molecular flexibility index (Phi) is 8.72. The minimum atomic E-state index is -3.14. The summed E-state index contributed by atoms with van der Waals surface area (Å²) in [5, 5.41) is 3.35. The van der Waals surface area contributed by atoms with Gasteiger partial charge in [0.25, 0.3) is 0 Å². The van der Waals surface area contributed by atoms with E-state index >= 15 is 0 Å². The molecule has 158 valence electrons. The van der Waals surface area contributed by atoms with Gasteiger partial charge in [-0.2, -0.15) is 0 Å². The highest BCUT2D eigenvalue weighted by atomic mass is 32.2. The largest absolute Gasteiger partial charge is 0.370 e. The molecule has 0 saturated carbocycles. The molecule has 0 spiro atoms. The number of ether oxygens (including phenoxy) is 1. The van der Waals surface area contributed by atoms with E-state index in [1.165, 1.54) is 16.7 Å². The van der Waals surface area contributed by atoms with Crippen molar-refractivity contribution < 1.29 is 13.2 Å². The van der Waals surface area contributed by atoms with E-state index in [1.807, 2.05) is 6.92 Å². The highest BCUT2D eigenvalue weighted by Crippen LogP contribution is 2.25. The summed E-state index contributed by atoms with van der Waals surface area (Å²) in [6, 6.07) is 6.47. The summed E-state index contributed by atoms with van der Waals surface area (Å²) in [6.07, 6.45) is 0.688. The number of nitrogens with one attached hydrogen (secondary N) is 2. The SMILES string of the molecule is CCNC(=NCCCNS(=O)(=O)CC)N1CCOC(c2ccc(C)cc2C)C1. The maximum Gasteiger partial charge on any atom is 0.211 e. The number of sulfonamides is 1. The zero-order valence-corrected chi connectivity index (χ0v) is 18.3. The van der Waals surface area contributed by atoms with Gasteiger partial charge in [-0.05, 0) is 45.2 Å². The van der Waals surface area contributed by atoms with E-state index in [-0.39, 0.29) is 11.9 Å². The van der Waals surface area contributed by atoms with Crippen molar-refractivity contribution in [3.63, 3.8) is 0 Å². The zero-order valence-electron chi connectivity index (χ0n) is 17.5. The van der Waals surface area contributed by atoms with Gasteiger partial charge in [0.05, 0.1) is 18.9 Å². The van der Waals surface area contributed by atoms with E-state index in [0.29, 0.717) is 26.1 Å². The van der Waals surface area contributed by atoms with E-state index in [0.717, 1.165) is 25.6 Å². The van der Waals surface area contributed by atoms with Crippen LogP contribution in [0, 0.1) is 13.8 Å². The molecule has 0 bridgehead atoms. The molecule has 0 aliphatic carbocycles. The van der Waals surface area contributed by atoms with Crippen molar-refractivity contribution in [2.75, 3.05) is 45.1 Å². The molecule has 7 nitrogen and oxygen atoms in total. The van der Waals surface area contributed by atoms with Gasteiger partial charge in [-0.3, -0.25) is 4.99 Å². The van der Waals surface area contributed by atoms with Crippen molar-refractivity contribution in [1.29, 1.82) is 0 Å². The number of nitrogens with zero attached hydrogens (tertiary/aromatic N) is 2. The second-order valence-electron chi connectivity index (χ2n) is 7.05. The number of aryl methyl sites for hydroxylation is 2. The minimum absolute atomic E-state index is 0.0227. The third-order valence-electron chi connectivity index (χ3n) is 4.77. The molecule has 0 radical (unpaired) electrons. The molecule has 1 fully saturated rings. The van der Waals surface area contributed by atoms with Gasteiger partial charge in [0.2, 0.25) is 10.0 Å². The van der Waals surface area contributed by atoms with Crippen LogP contribution in [0.25, 0.3) is 0 Å². The Bertz CT molecular complexity index is 765. The van der Waals surface area contributed by atoms with E-state index in [4.69, 9.17) is 4.74 Å². The van der Waals surface area contributed by atoms with E-state index in [2.05, 4.69) is 52.0 Å². The molecule has 0 aromatic heterocycles. The third-order valence-corrected chi connectivity index (χ3v) is 6.18. The van der Waals surface area contributed by atoms with Gasteiger partial charge in [-0.1, -0.05) is 23.8 Å². The fraction of sp³-hybridized carbons (Fsp3) is 0.650. The molecule has 1 aliphatic heterocycles. The lowest BCUT2D eigenvalue weighted by Crippen LogP contribution is -2.48. The molecule has 1 heterocycles. The van der Waals surface area contributed by atoms with Gasteiger partial charge >= 0.3 is 0 Å². The smallest absolute Gasteiger partial charge is 0.211 e. The lowest BCUT2D eigenvalue weighted by atomic mass is 10.00. The van der Waals surface area contributed by atoms with Crippen LogP contribution in [-0.4, -0.2) is 64.4 Å². The normalized spacial score (nSPS) is 18.4. The average molecular weight is 411 g/mol. The predicted octanol–water partition coefficient (Wildman–Crippen LogP) is 1.97. The Balaban J connectivity index is 1.98. The van der Waals surface area contributed by atoms with Crippen LogP contribution in [0.5, 0.6) is 0 Å². The van der Waals surface area contributed by atoms with Crippen molar-refractivity contribution in [2.45, 2.75) is 40.2 Å². The van der Waals surface area contributed by atoms with Crippen molar-refractivity contribution in [3.05, 3.63) is 34.9 Å². The van der Waals surface area contributed by atoms with Crippen LogP contribution in [0.4, 0.5) is 0 Å². The Morgan fingerprint density at radius 2 is 2.11 bits per heavy atom. The van der Waals surface area contributed by atoms with Crippen LogP contribution in [0.2, 0.25) is 0 Å². The summed E-state index contributed by atoms with van der Waals surface area (Å²) in [6.45, 7) is 11.9. The van der Waals surface area contributed by atoms with Crippen molar-refractivity contribution in [1.82, 2.24) is 14.9 Å².